The SMILES string of the molecule is O=C(Nc1ccc(CN2C(=O)CSC2=O)cc1)c1ccc(-n2cc(Br)cn2)cc1. The van der Waals surface area contributed by atoms with Gasteiger partial charge in [-0.25, -0.2) is 4.68 Å². The predicted molar refractivity (Wildman–Crippen MR) is 114 cm³/mol. The number of carbonyl (C=O) groups is 3. The minimum atomic E-state index is -0.229. The van der Waals surface area contributed by atoms with Crippen LogP contribution in [0.25, 0.3) is 5.69 Å². The van der Waals surface area contributed by atoms with Crippen LogP contribution < -0.4 is 5.32 Å². The Kier molecular flexibility index (Phi) is 5.50. The van der Waals surface area contributed by atoms with Crippen molar-refractivity contribution in [2.45, 2.75) is 6.54 Å². The molecular formula is C20H15BrN4O3S. The number of anilines is 1. The molecule has 0 unspecified atom stereocenters. The first-order valence-electron chi connectivity index (χ1n) is 8.67. The molecule has 1 N–H and O–H groups in total. The molecule has 7 nitrogen and oxygen atoms in total. The molecule has 1 aromatic heterocycles. The smallest absolute Gasteiger partial charge is 0.289 e. The van der Waals surface area contributed by atoms with E-state index >= 15 is 0 Å². The number of imide groups is 1. The highest BCUT2D eigenvalue weighted by Gasteiger charge is 2.29. The number of hydrogen-bond acceptors (Lipinski definition) is 5. The highest BCUT2D eigenvalue weighted by molar-refractivity contribution is 9.10. The summed E-state index contributed by atoms with van der Waals surface area (Å²) in [5.74, 6) is -0.209. The molecule has 0 spiro atoms. The quantitative estimate of drug-likeness (QED) is 0.606. The minimum Gasteiger partial charge on any atom is -0.322 e. The fraction of sp³-hybridized carbons (Fsp3) is 0.100. The Morgan fingerprint density at radius 2 is 1.83 bits per heavy atom. The summed E-state index contributed by atoms with van der Waals surface area (Å²) in [6.07, 6.45) is 3.53. The first-order chi connectivity index (χ1) is 14.0. The number of nitrogens with zero attached hydrogens (tertiary/aromatic N) is 3. The molecule has 0 aliphatic carbocycles. The van der Waals surface area contributed by atoms with Crippen molar-refractivity contribution in [3.63, 3.8) is 0 Å². The summed E-state index contributed by atoms with van der Waals surface area (Å²) in [5.41, 5.74) is 2.82. The Balaban J connectivity index is 1.39. The molecule has 1 aliphatic heterocycles. The molecule has 4 rings (SSSR count). The number of benzene rings is 2. The van der Waals surface area contributed by atoms with Gasteiger partial charge in [0.1, 0.15) is 0 Å². The number of nitrogens with one attached hydrogen (secondary N) is 1. The van der Waals surface area contributed by atoms with Crippen LogP contribution in [0.2, 0.25) is 0 Å². The third kappa shape index (κ3) is 4.41. The van der Waals surface area contributed by atoms with Crippen LogP contribution in [-0.4, -0.2) is 37.5 Å². The standard InChI is InChI=1S/C20H15BrN4O3S/c21-15-9-22-25(11-15)17-7-3-14(4-8-17)19(27)23-16-5-1-13(2-6-16)10-24-18(26)12-29-20(24)28/h1-9,11H,10,12H2,(H,23,27). The van der Waals surface area contributed by atoms with Crippen molar-refractivity contribution in [1.82, 2.24) is 14.7 Å². The number of amides is 3. The van der Waals surface area contributed by atoms with Crippen LogP contribution in [0.3, 0.4) is 0 Å². The number of hydrogen-bond donors (Lipinski definition) is 1. The zero-order valence-corrected chi connectivity index (χ0v) is 17.4. The highest BCUT2D eigenvalue weighted by atomic mass is 79.9. The van der Waals surface area contributed by atoms with Crippen LogP contribution in [0.1, 0.15) is 15.9 Å². The summed E-state index contributed by atoms with van der Waals surface area (Å²) < 4.78 is 2.58. The molecule has 1 fully saturated rings. The van der Waals surface area contributed by atoms with Crippen LogP contribution in [0, 0.1) is 0 Å². The van der Waals surface area contributed by atoms with Crippen molar-refractivity contribution in [3.05, 3.63) is 76.5 Å². The Bertz CT molecular complexity index is 1060. The van der Waals surface area contributed by atoms with Gasteiger partial charge < -0.3 is 5.32 Å². The van der Waals surface area contributed by atoms with Crippen molar-refractivity contribution in [2.75, 3.05) is 11.1 Å². The molecule has 9 heteroatoms. The maximum atomic E-state index is 12.5. The molecule has 2 aromatic carbocycles. The largest absolute Gasteiger partial charge is 0.322 e. The molecule has 3 aromatic rings. The van der Waals surface area contributed by atoms with Crippen molar-refractivity contribution in [1.29, 1.82) is 0 Å². The number of thioether (sulfide) groups is 1. The van der Waals surface area contributed by atoms with E-state index in [-0.39, 0.29) is 29.4 Å². The monoisotopic (exact) mass is 470 g/mol. The second-order valence-corrected chi connectivity index (χ2v) is 8.18. The van der Waals surface area contributed by atoms with E-state index in [1.807, 2.05) is 18.3 Å². The summed E-state index contributed by atoms with van der Waals surface area (Å²) >= 11 is 4.37. The fourth-order valence-corrected chi connectivity index (χ4v) is 3.83. The van der Waals surface area contributed by atoms with Crippen molar-refractivity contribution in [3.8, 4) is 5.69 Å². The zero-order chi connectivity index (χ0) is 20.4. The van der Waals surface area contributed by atoms with Gasteiger partial charge in [0.2, 0.25) is 5.91 Å². The highest BCUT2D eigenvalue weighted by Crippen LogP contribution is 2.22. The number of aromatic nitrogens is 2. The first kappa shape index (κ1) is 19.4. The van der Waals surface area contributed by atoms with E-state index in [9.17, 15) is 14.4 Å². The average Bonchev–Trinajstić information content (AvgIpc) is 3.30. The van der Waals surface area contributed by atoms with Gasteiger partial charge in [-0.2, -0.15) is 5.10 Å². The second-order valence-electron chi connectivity index (χ2n) is 6.34. The zero-order valence-electron chi connectivity index (χ0n) is 15.0. The van der Waals surface area contributed by atoms with E-state index in [1.54, 1.807) is 47.3 Å². The van der Waals surface area contributed by atoms with Gasteiger partial charge in [0.05, 0.1) is 28.7 Å². The Morgan fingerprint density at radius 3 is 2.41 bits per heavy atom. The van der Waals surface area contributed by atoms with E-state index in [4.69, 9.17) is 0 Å². The summed E-state index contributed by atoms with van der Waals surface area (Å²) in [7, 11) is 0. The lowest BCUT2D eigenvalue weighted by molar-refractivity contribution is -0.125. The summed E-state index contributed by atoms with van der Waals surface area (Å²) in [5, 5.41) is 6.82. The molecule has 146 valence electrons. The molecular weight excluding hydrogens is 456 g/mol. The van der Waals surface area contributed by atoms with Crippen molar-refractivity contribution >= 4 is 50.4 Å². The van der Waals surface area contributed by atoms with Crippen LogP contribution in [0.4, 0.5) is 10.5 Å². The van der Waals surface area contributed by atoms with Crippen molar-refractivity contribution < 1.29 is 14.4 Å². The van der Waals surface area contributed by atoms with Gasteiger partial charge in [-0.1, -0.05) is 23.9 Å². The summed E-state index contributed by atoms with van der Waals surface area (Å²) in [4.78, 5) is 37.1. The maximum Gasteiger partial charge on any atom is 0.289 e. The first-order valence-corrected chi connectivity index (χ1v) is 10.5. The lowest BCUT2D eigenvalue weighted by atomic mass is 10.1. The van der Waals surface area contributed by atoms with Gasteiger partial charge in [-0.05, 0) is 57.9 Å². The van der Waals surface area contributed by atoms with E-state index in [1.165, 1.54) is 4.90 Å². The third-order valence-corrected chi connectivity index (χ3v) is 5.61. The lowest BCUT2D eigenvalue weighted by Gasteiger charge is -2.13. The molecule has 0 bridgehead atoms. The van der Waals surface area contributed by atoms with Gasteiger partial charge in [0.15, 0.2) is 0 Å². The average molecular weight is 471 g/mol. The molecule has 1 aliphatic rings. The lowest BCUT2D eigenvalue weighted by Crippen LogP contribution is -2.27. The molecule has 2 heterocycles. The van der Waals surface area contributed by atoms with Gasteiger partial charge in [0.25, 0.3) is 11.1 Å². The normalized spacial score (nSPS) is 13.8. The van der Waals surface area contributed by atoms with Crippen molar-refractivity contribution in [2.24, 2.45) is 0 Å². The molecule has 0 radical (unpaired) electrons. The number of halogens is 1. The maximum absolute atomic E-state index is 12.5. The Morgan fingerprint density at radius 1 is 1.10 bits per heavy atom. The molecule has 1 saturated heterocycles. The van der Waals surface area contributed by atoms with E-state index < -0.39 is 0 Å². The van der Waals surface area contributed by atoms with E-state index in [0.717, 1.165) is 27.5 Å². The number of carbonyl (C=O) groups excluding carboxylic acids is 3. The van der Waals surface area contributed by atoms with Crippen LogP contribution in [0.5, 0.6) is 0 Å². The van der Waals surface area contributed by atoms with E-state index in [0.29, 0.717) is 11.3 Å². The summed E-state index contributed by atoms with van der Waals surface area (Å²) in [6, 6.07) is 14.2. The van der Waals surface area contributed by atoms with Gasteiger partial charge >= 0.3 is 0 Å². The van der Waals surface area contributed by atoms with Gasteiger partial charge in [0, 0.05) is 17.4 Å². The van der Waals surface area contributed by atoms with Crippen LogP contribution in [-0.2, 0) is 11.3 Å². The molecule has 3 amide bonds. The van der Waals surface area contributed by atoms with Crippen LogP contribution >= 0.6 is 27.7 Å². The fourth-order valence-electron chi connectivity index (χ4n) is 2.82. The second kappa shape index (κ2) is 8.22. The Hall–Kier alpha value is -2.91. The topological polar surface area (TPSA) is 84.3 Å². The predicted octanol–water partition coefficient (Wildman–Crippen LogP) is 4.08. The number of rotatable bonds is 5. The Labute approximate surface area is 179 Å². The van der Waals surface area contributed by atoms with E-state index in [2.05, 4.69) is 26.3 Å². The summed E-state index contributed by atoms with van der Waals surface area (Å²) in [6.45, 7) is 0.240. The third-order valence-electron chi connectivity index (χ3n) is 4.34. The molecule has 0 saturated carbocycles. The van der Waals surface area contributed by atoms with Gasteiger partial charge in [-0.15, -0.1) is 0 Å². The van der Waals surface area contributed by atoms with Gasteiger partial charge in [-0.3, -0.25) is 19.3 Å². The molecule has 0 atom stereocenters. The minimum absolute atomic E-state index is 0.178. The molecule has 29 heavy (non-hydrogen) atoms. The van der Waals surface area contributed by atoms with Crippen LogP contribution in [0.15, 0.2) is 65.4 Å².